The lowest BCUT2D eigenvalue weighted by Gasteiger charge is -2.14. The highest BCUT2D eigenvalue weighted by molar-refractivity contribution is 7.15. The Hall–Kier alpha value is -3.55. The molecule has 1 aromatic heterocycles. The van der Waals surface area contributed by atoms with E-state index in [1.807, 2.05) is 47.5 Å². The Morgan fingerprint density at radius 2 is 1.94 bits per heavy atom. The number of benzene rings is 2. The number of nitrogens with two attached hydrogens (primary N) is 1. The Balaban J connectivity index is 1.36. The molecule has 0 spiro atoms. The topological polar surface area (TPSA) is 83.1 Å². The van der Waals surface area contributed by atoms with Gasteiger partial charge in [-0.2, -0.15) is 0 Å². The number of guanidine groups is 1. The van der Waals surface area contributed by atoms with Gasteiger partial charge in [0.15, 0.2) is 0 Å². The average molecular weight is 470 g/mol. The number of amides is 1. The van der Waals surface area contributed by atoms with Crippen LogP contribution in [-0.2, 0) is 6.54 Å². The molecule has 0 radical (unpaired) electrons. The summed E-state index contributed by atoms with van der Waals surface area (Å²) in [5, 5.41) is 3.36. The minimum Gasteiger partial charge on any atom is -0.336 e. The SMILES string of the molecule is NC1CCN(C(=O)c2cc3c(s2)/C=C\C/C=N\C(Nc2cccc(-c4ccccc4)c2)=N/C3)C1. The molecule has 0 bridgehead atoms. The van der Waals surface area contributed by atoms with E-state index in [0.29, 0.717) is 25.5 Å². The number of thiophene rings is 1. The van der Waals surface area contributed by atoms with E-state index in [1.165, 1.54) is 11.3 Å². The number of nitrogens with one attached hydrogen (secondary N) is 1. The molecule has 6 nitrogen and oxygen atoms in total. The number of allylic oxidation sites excluding steroid dienone is 1. The van der Waals surface area contributed by atoms with E-state index in [2.05, 4.69) is 46.7 Å². The molecule has 1 saturated heterocycles. The second-order valence-electron chi connectivity index (χ2n) is 8.46. The van der Waals surface area contributed by atoms with Gasteiger partial charge in [0, 0.05) is 42.3 Å². The lowest BCUT2D eigenvalue weighted by atomic mass is 10.1. The predicted molar refractivity (Wildman–Crippen MR) is 142 cm³/mol. The Kier molecular flexibility index (Phi) is 6.65. The molecule has 1 atom stereocenters. The molecule has 34 heavy (non-hydrogen) atoms. The molecule has 3 heterocycles. The monoisotopic (exact) mass is 469 g/mol. The molecule has 0 aliphatic carbocycles. The van der Waals surface area contributed by atoms with Crippen LogP contribution in [0.4, 0.5) is 5.69 Å². The lowest BCUT2D eigenvalue weighted by Crippen LogP contribution is -2.31. The van der Waals surface area contributed by atoms with E-state index in [4.69, 9.17) is 10.7 Å². The van der Waals surface area contributed by atoms with Crippen molar-refractivity contribution in [2.24, 2.45) is 15.7 Å². The largest absolute Gasteiger partial charge is 0.336 e. The van der Waals surface area contributed by atoms with Crippen molar-refractivity contribution in [3.8, 4) is 11.1 Å². The van der Waals surface area contributed by atoms with Crippen LogP contribution in [0.15, 0.2) is 76.7 Å². The van der Waals surface area contributed by atoms with Crippen LogP contribution in [0.1, 0.15) is 33.0 Å². The maximum Gasteiger partial charge on any atom is 0.264 e. The van der Waals surface area contributed by atoms with Gasteiger partial charge in [-0.05, 0) is 47.4 Å². The first-order valence-electron chi connectivity index (χ1n) is 11.5. The Morgan fingerprint density at radius 3 is 2.76 bits per heavy atom. The minimum absolute atomic E-state index is 0.0602. The molecule has 5 rings (SSSR count). The molecule has 7 heteroatoms. The third kappa shape index (κ3) is 5.16. The number of carbonyl (C=O) groups excluding carboxylic acids is 1. The summed E-state index contributed by atoms with van der Waals surface area (Å²) < 4.78 is 0. The molecular weight excluding hydrogens is 442 g/mol. The molecule has 2 aromatic carbocycles. The van der Waals surface area contributed by atoms with Crippen LogP contribution < -0.4 is 11.1 Å². The standard InChI is InChI=1S/C27H27N5OS/c28-22-12-14-32(18-22)26(33)25-16-21-17-30-27(29-13-5-4-11-24(21)34-25)31-23-10-6-9-20(15-23)19-7-2-1-3-8-19/h1-4,6-11,13,15-16,22H,5,12,14,17-18,28H2,(H,30,31)/b11-4-,29-13-. The van der Waals surface area contributed by atoms with Gasteiger partial charge >= 0.3 is 0 Å². The smallest absolute Gasteiger partial charge is 0.264 e. The number of rotatable bonds is 3. The first kappa shape index (κ1) is 22.3. The molecule has 2 aliphatic rings. The third-order valence-electron chi connectivity index (χ3n) is 5.91. The second-order valence-corrected chi connectivity index (χ2v) is 9.55. The number of hydrogen-bond acceptors (Lipinski definition) is 6. The molecule has 3 N–H and O–H groups in total. The van der Waals surface area contributed by atoms with Crippen molar-refractivity contribution in [1.29, 1.82) is 0 Å². The van der Waals surface area contributed by atoms with Crippen LogP contribution in [0.5, 0.6) is 0 Å². The second kappa shape index (κ2) is 10.2. The van der Waals surface area contributed by atoms with Crippen molar-refractivity contribution in [2.75, 3.05) is 18.4 Å². The van der Waals surface area contributed by atoms with Crippen LogP contribution in [0.2, 0.25) is 0 Å². The maximum atomic E-state index is 13.0. The number of fused-ring (bicyclic) bond motifs is 1. The number of anilines is 1. The van der Waals surface area contributed by atoms with E-state index in [9.17, 15) is 4.79 Å². The molecule has 1 fully saturated rings. The quantitative estimate of drug-likeness (QED) is 0.563. The van der Waals surface area contributed by atoms with E-state index in [-0.39, 0.29) is 11.9 Å². The summed E-state index contributed by atoms with van der Waals surface area (Å²) in [7, 11) is 0. The first-order chi connectivity index (χ1) is 16.7. The normalized spacial score (nSPS) is 21.3. The summed E-state index contributed by atoms with van der Waals surface area (Å²) in [6.45, 7) is 1.79. The summed E-state index contributed by atoms with van der Waals surface area (Å²) >= 11 is 1.52. The van der Waals surface area contributed by atoms with E-state index in [1.54, 1.807) is 0 Å². The third-order valence-corrected chi connectivity index (χ3v) is 7.04. The summed E-state index contributed by atoms with van der Waals surface area (Å²) in [6.07, 6.45) is 7.53. The fraction of sp³-hybridized carbons (Fsp3) is 0.222. The summed E-state index contributed by atoms with van der Waals surface area (Å²) in [5.74, 6) is 0.612. The Morgan fingerprint density at radius 1 is 1.09 bits per heavy atom. The zero-order valence-corrected chi connectivity index (χ0v) is 19.7. The van der Waals surface area contributed by atoms with Gasteiger partial charge < -0.3 is 16.0 Å². The summed E-state index contributed by atoms with van der Waals surface area (Å²) in [5.41, 5.74) is 10.2. The van der Waals surface area contributed by atoms with Crippen molar-refractivity contribution in [2.45, 2.75) is 25.4 Å². The number of hydrogen-bond donors (Lipinski definition) is 2. The highest BCUT2D eigenvalue weighted by Crippen LogP contribution is 2.28. The maximum absolute atomic E-state index is 13.0. The van der Waals surface area contributed by atoms with Gasteiger partial charge in [-0.15, -0.1) is 11.3 Å². The summed E-state index contributed by atoms with van der Waals surface area (Å²) in [6, 6.07) is 20.5. The van der Waals surface area contributed by atoms with Gasteiger partial charge in [0.2, 0.25) is 5.96 Å². The van der Waals surface area contributed by atoms with Gasteiger partial charge in [0.05, 0.1) is 11.4 Å². The van der Waals surface area contributed by atoms with Crippen LogP contribution in [-0.4, -0.2) is 42.1 Å². The number of aliphatic imine (C=N–C) groups is 2. The van der Waals surface area contributed by atoms with Crippen LogP contribution in [0.25, 0.3) is 17.2 Å². The van der Waals surface area contributed by atoms with Crippen LogP contribution in [0.3, 0.4) is 0 Å². The zero-order chi connectivity index (χ0) is 23.3. The fourth-order valence-electron chi connectivity index (χ4n) is 4.12. The number of likely N-dealkylation sites (tertiary alicyclic amines) is 1. The summed E-state index contributed by atoms with van der Waals surface area (Å²) in [4.78, 5) is 25.9. The highest BCUT2D eigenvalue weighted by Gasteiger charge is 2.26. The first-order valence-corrected chi connectivity index (χ1v) is 12.3. The van der Waals surface area contributed by atoms with Crippen LogP contribution in [0, 0.1) is 0 Å². The van der Waals surface area contributed by atoms with E-state index in [0.717, 1.165) is 45.1 Å². The molecule has 1 unspecified atom stereocenters. The van der Waals surface area contributed by atoms with Crippen molar-refractivity contribution >= 4 is 41.2 Å². The van der Waals surface area contributed by atoms with Crippen molar-refractivity contribution in [3.63, 3.8) is 0 Å². The van der Waals surface area contributed by atoms with Crippen molar-refractivity contribution in [3.05, 3.63) is 82.1 Å². The van der Waals surface area contributed by atoms with Gasteiger partial charge in [-0.3, -0.25) is 4.79 Å². The molecule has 1 amide bonds. The van der Waals surface area contributed by atoms with Gasteiger partial charge in [0.25, 0.3) is 5.91 Å². The van der Waals surface area contributed by atoms with Crippen molar-refractivity contribution in [1.82, 2.24) is 4.90 Å². The van der Waals surface area contributed by atoms with E-state index >= 15 is 0 Å². The van der Waals surface area contributed by atoms with Gasteiger partial charge in [0.1, 0.15) is 0 Å². The van der Waals surface area contributed by atoms with E-state index < -0.39 is 0 Å². The van der Waals surface area contributed by atoms with Crippen molar-refractivity contribution < 1.29 is 4.79 Å². The average Bonchev–Trinajstić information content (AvgIpc) is 3.49. The molecule has 2 aliphatic heterocycles. The molecular formula is C27H27N5OS. The molecule has 172 valence electrons. The Bertz CT molecular complexity index is 1260. The molecule has 3 aromatic rings. The van der Waals surface area contributed by atoms with Crippen LogP contribution >= 0.6 is 11.3 Å². The Labute approximate surface area is 203 Å². The lowest BCUT2D eigenvalue weighted by molar-refractivity contribution is 0.0795. The highest BCUT2D eigenvalue weighted by atomic mass is 32.1. The van der Waals surface area contributed by atoms with Gasteiger partial charge in [-0.1, -0.05) is 48.5 Å². The molecule has 0 saturated carbocycles. The predicted octanol–water partition coefficient (Wildman–Crippen LogP) is 5.04. The fourth-order valence-corrected chi connectivity index (χ4v) is 5.20. The number of nitrogens with zero attached hydrogens (tertiary/aromatic N) is 3. The zero-order valence-electron chi connectivity index (χ0n) is 18.9. The number of carbonyl (C=O) groups is 1. The van der Waals surface area contributed by atoms with Gasteiger partial charge in [-0.25, -0.2) is 9.98 Å². The minimum atomic E-state index is 0.0602.